The van der Waals surface area contributed by atoms with E-state index in [2.05, 4.69) is 15.6 Å². The van der Waals surface area contributed by atoms with Crippen LogP contribution in [0.25, 0.3) is 0 Å². The maximum atomic E-state index is 12.8. The van der Waals surface area contributed by atoms with Crippen LogP contribution in [0.5, 0.6) is 0 Å². The first kappa shape index (κ1) is 22.2. The summed E-state index contributed by atoms with van der Waals surface area (Å²) in [5, 5.41) is 6.13. The molecule has 1 unspecified atom stereocenters. The molecule has 2 aliphatic heterocycles. The molecule has 2 aliphatic rings. The van der Waals surface area contributed by atoms with E-state index in [0.717, 1.165) is 12.1 Å². The van der Waals surface area contributed by atoms with Gasteiger partial charge < -0.3 is 20.3 Å². The van der Waals surface area contributed by atoms with Crippen molar-refractivity contribution >= 4 is 46.5 Å². The molecule has 2 N–H and O–H groups in total. The summed E-state index contributed by atoms with van der Waals surface area (Å²) in [5.74, 6) is -0.0608. The molecule has 3 heterocycles. The Morgan fingerprint density at radius 3 is 2.66 bits per heavy atom. The zero-order chi connectivity index (χ0) is 22.5. The molecule has 0 bridgehead atoms. The third-order valence-corrected chi connectivity index (χ3v) is 5.66. The van der Waals surface area contributed by atoms with Crippen LogP contribution < -0.4 is 15.5 Å². The predicted molar refractivity (Wildman–Crippen MR) is 121 cm³/mol. The lowest BCUT2D eigenvalue weighted by Gasteiger charge is -2.27. The highest BCUT2D eigenvalue weighted by atomic mass is 35.5. The van der Waals surface area contributed by atoms with Gasteiger partial charge in [0, 0.05) is 24.1 Å². The fourth-order valence-electron chi connectivity index (χ4n) is 3.87. The Bertz CT molecular complexity index is 983. The van der Waals surface area contributed by atoms with Crippen LogP contribution in [0.4, 0.5) is 17.2 Å². The molecule has 32 heavy (non-hydrogen) atoms. The number of pyridine rings is 1. The number of anilines is 3. The van der Waals surface area contributed by atoms with E-state index >= 15 is 0 Å². The van der Waals surface area contributed by atoms with Crippen LogP contribution in [0.2, 0.25) is 5.02 Å². The van der Waals surface area contributed by atoms with Gasteiger partial charge >= 0.3 is 0 Å². The fraction of sp³-hybridized carbons (Fsp3) is 0.364. The van der Waals surface area contributed by atoms with E-state index in [1.165, 1.54) is 6.20 Å². The van der Waals surface area contributed by atoms with Crippen molar-refractivity contribution in [1.82, 2.24) is 9.88 Å². The van der Waals surface area contributed by atoms with Crippen molar-refractivity contribution in [1.29, 1.82) is 0 Å². The van der Waals surface area contributed by atoms with Crippen molar-refractivity contribution in [2.75, 3.05) is 48.4 Å². The minimum Gasteiger partial charge on any atom is -0.370 e. The topological polar surface area (TPSA) is 104 Å². The highest BCUT2D eigenvalue weighted by Crippen LogP contribution is 2.22. The van der Waals surface area contributed by atoms with E-state index in [9.17, 15) is 14.4 Å². The summed E-state index contributed by atoms with van der Waals surface area (Å²) in [5.41, 5.74) is 1.41. The number of carbonyl (C=O) groups is 3. The van der Waals surface area contributed by atoms with Crippen molar-refractivity contribution in [3.05, 3.63) is 47.6 Å². The molecule has 1 aromatic heterocycles. The number of morpholine rings is 1. The maximum absolute atomic E-state index is 12.8. The van der Waals surface area contributed by atoms with Crippen LogP contribution in [-0.2, 0) is 19.1 Å². The molecular weight excluding hydrogens is 434 g/mol. The summed E-state index contributed by atoms with van der Waals surface area (Å²) in [4.78, 5) is 44.8. The maximum Gasteiger partial charge on any atom is 0.253 e. The third-order valence-electron chi connectivity index (χ3n) is 5.44. The monoisotopic (exact) mass is 457 g/mol. The van der Waals surface area contributed by atoms with E-state index < -0.39 is 0 Å². The van der Waals surface area contributed by atoms with Gasteiger partial charge in [-0.1, -0.05) is 11.6 Å². The Labute approximate surface area is 190 Å². The fourth-order valence-corrected chi connectivity index (χ4v) is 3.98. The highest BCUT2D eigenvalue weighted by Gasteiger charge is 2.32. The molecule has 3 amide bonds. The molecule has 1 aromatic carbocycles. The van der Waals surface area contributed by atoms with Crippen molar-refractivity contribution < 1.29 is 19.1 Å². The Morgan fingerprint density at radius 2 is 1.94 bits per heavy atom. The molecule has 0 spiro atoms. The van der Waals surface area contributed by atoms with Crippen molar-refractivity contribution in [2.45, 2.75) is 18.9 Å². The first-order valence-electron chi connectivity index (χ1n) is 10.4. The molecular formula is C22H24ClN5O4. The minimum absolute atomic E-state index is 0.0810. The zero-order valence-electron chi connectivity index (χ0n) is 17.4. The Kier molecular flexibility index (Phi) is 6.99. The van der Waals surface area contributed by atoms with Crippen LogP contribution in [0.1, 0.15) is 12.8 Å². The number of ether oxygens (including phenoxy) is 1. The number of hydrogen-bond acceptors (Lipinski definition) is 6. The van der Waals surface area contributed by atoms with Gasteiger partial charge in [0.15, 0.2) is 0 Å². The molecule has 2 fully saturated rings. The van der Waals surface area contributed by atoms with Crippen LogP contribution in [0.3, 0.4) is 0 Å². The van der Waals surface area contributed by atoms with Gasteiger partial charge in [-0.2, -0.15) is 0 Å². The normalized spacial score (nSPS) is 19.1. The van der Waals surface area contributed by atoms with Gasteiger partial charge in [-0.05, 0) is 55.8 Å². The Hall–Kier alpha value is -3.01. The van der Waals surface area contributed by atoms with Gasteiger partial charge in [-0.3, -0.25) is 19.3 Å². The van der Waals surface area contributed by atoms with Gasteiger partial charge in [-0.15, -0.1) is 0 Å². The SMILES string of the molecule is O=C(CN1CCCC1C(=O)Nc1ccc(N2CCOCC2=O)cc1)Nc1ccc(Cl)cn1. The van der Waals surface area contributed by atoms with Crippen molar-refractivity contribution in [3.8, 4) is 0 Å². The lowest BCUT2D eigenvalue weighted by molar-refractivity contribution is -0.126. The number of amides is 3. The molecule has 1 atom stereocenters. The molecule has 9 nitrogen and oxygen atoms in total. The van der Waals surface area contributed by atoms with Gasteiger partial charge in [0.25, 0.3) is 5.91 Å². The molecule has 0 radical (unpaired) electrons. The number of nitrogens with one attached hydrogen (secondary N) is 2. The van der Waals surface area contributed by atoms with Gasteiger partial charge in [0.2, 0.25) is 11.8 Å². The quantitative estimate of drug-likeness (QED) is 0.688. The number of halogens is 1. The van der Waals surface area contributed by atoms with Crippen molar-refractivity contribution in [3.63, 3.8) is 0 Å². The average molecular weight is 458 g/mol. The molecule has 168 valence electrons. The molecule has 4 rings (SSSR count). The number of nitrogens with zero attached hydrogens (tertiary/aromatic N) is 3. The van der Waals surface area contributed by atoms with Gasteiger partial charge in [-0.25, -0.2) is 4.98 Å². The van der Waals surface area contributed by atoms with E-state index in [1.807, 2.05) is 4.90 Å². The first-order valence-corrected chi connectivity index (χ1v) is 10.8. The van der Waals surface area contributed by atoms with E-state index in [0.29, 0.717) is 42.6 Å². The number of rotatable bonds is 6. The molecule has 0 aliphatic carbocycles. The number of benzene rings is 1. The molecule has 2 aromatic rings. The van der Waals surface area contributed by atoms with Gasteiger partial charge in [0.05, 0.1) is 24.2 Å². The van der Waals surface area contributed by atoms with E-state index in [1.54, 1.807) is 41.3 Å². The number of aromatic nitrogens is 1. The second-order valence-corrected chi connectivity index (χ2v) is 8.11. The summed E-state index contributed by atoms with van der Waals surface area (Å²) in [6.45, 7) is 1.86. The van der Waals surface area contributed by atoms with Crippen LogP contribution in [0.15, 0.2) is 42.6 Å². The summed E-state index contributed by atoms with van der Waals surface area (Å²) >= 11 is 5.81. The average Bonchev–Trinajstić information content (AvgIpc) is 3.24. The van der Waals surface area contributed by atoms with Gasteiger partial charge in [0.1, 0.15) is 12.4 Å². The lowest BCUT2D eigenvalue weighted by Crippen LogP contribution is -2.43. The van der Waals surface area contributed by atoms with Crippen LogP contribution in [0, 0.1) is 0 Å². The predicted octanol–water partition coefficient (Wildman–Crippen LogP) is 2.14. The largest absolute Gasteiger partial charge is 0.370 e. The summed E-state index contributed by atoms with van der Waals surface area (Å²) in [6.07, 6.45) is 2.98. The standard InChI is InChI=1S/C22H24ClN5O4/c23-15-3-8-19(24-12-15)26-20(29)13-27-9-1-2-18(27)22(31)25-16-4-6-17(7-5-16)28-10-11-32-14-21(28)30/h3-8,12,18H,1-2,9-11,13-14H2,(H,25,31)(H,24,26,29). The summed E-state index contributed by atoms with van der Waals surface area (Å²) in [7, 11) is 0. The first-order chi connectivity index (χ1) is 15.5. The summed E-state index contributed by atoms with van der Waals surface area (Å²) < 4.78 is 5.15. The second kappa shape index (κ2) is 10.1. The Morgan fingerprint density at radius 1 is 1.12 bits per heavy atom. The lowest BCUT2D eigenvalue weighted by atomic mass is 10.2. The van der Waals surface area contributed by atoms with E-state index in [4.69, 9.17) is 16.3 Å². The highest BCUT2D eigenvalue weighted by molar-refractivity contribution is 6.30. The molecule has 10 heteroatoms. The molecule has 0 saturated carbocycles. The Balaban J connectivity index is 1.32. The third kappa shape index (κ3) is 5.42. The number of carbonyl (C=O) groups excluding carboxylic acids is 3. The van der Waals surface area contributed by atoms with E-state index in [-0.39, 0.29) is 36.9 Å². The van der Waals surface area contributed by atoms with Crippen LogP contribution in [-0.4, -0.2) is 66.5 Å². The number of hydrogen-bond donors (Lipinski definition) is 2. The minimum atomic E-state index is -0.389. The van der Waals surface area contributed by atoms with Crippen LogP contribution >= 0.6 is 11.6 Å². The second-order valence-electron chi connectivity index (χ2n) is 7.67. The summed E-state index contributed by atoms with van der Waals surface area (Å²) in [6, 6.07) is 10.0. The number of likely N-dealkylation sites (tertiary alicyclic amines) is 1. The molecule has 2 saturated heterocycles. The smallest absolute Gasteiger partial charge is 0.253 e. The zero-order valence-corrected chi connectivity index (χ0v) is 18.2. The van der Waals surface area contributed by atoms with Crippen molar-refractivity contribution in [2.24, 2.45) is 0 Å².